The second kappa shape index (κ2) is 6.74. The Kier molecular flexibility index (Phi) is 5.26. The summed E-state index contributed by atoms with van der Waals surface area (Å²) < 4.78 is 0. The Morgan fingerprint density at radius 3 is 2.37 bits per heavy atom. The maximum absolute atomic E-state index is 10.8. The van der Waals surface area contributed by atoms with E-state index in [9.17, 15) is 4.79 Å². The van der Waals surface area contributed by atoms with Crippen LogP contribution in [-0.2, 0) is 4.79 Å². The highest BCUT2D eigenvalue weighted by molar-refractivity contribution is 5.67. The van der Waals surface area contributed by atoms with E-state index in [0.717, 1.165) is 43.8 Å². The first-order valence-corrected chi connectivity index (χ1v) is 8.03. The Morgan fingerprint density at radius 1 is 1.16 bits per heavy atom. The van der Waals surface area contributed by atoms with Gasteiger partial charge in [0.15, 0.2) is 0 Å². The standard InChI is InChI=1S/C16H29NO2/c1-12(2)14-5-3-4-6-15(14)17-9-7-13(8-10-17)11-16(18)19/h12-15H,3-11H2,1-2H3,(H,18,19). The van der Waals surface area contributed by atoms with Crippen molar-refractivity contribution in [3.8, 4) is 0 Å². The van der Waals surface area contributed by atoms with Gasteiger partial charge in [-0.15, -0.1) is 0 Å². The van der Waals surface area contributed by atoms with E-state index in [1.54, 1.807) is 0 Å². The van der Waals surface area contributed by atoms with E-state index in [0.29, 0.717) is 12.3 Å². The number of carbonyl (C=O) groups is 1. The van der Waals surface area contributed by atoms with Crippen LogP contribution in [-0.4, -0.2) is 35.1 Å². The zero-order valence-corrected chi connectivity index (χ0v) is 12.5. The number of hydrogen-bond acceptors (Lipinski definition) is 2. The summed E-state index contributed by atoms with van der Waals surface area (Å²) in [5, 5.41) is 8.88. The molecular formula is C16H29NO2. The fourth-order valence-corrected chi connectivity index (χ4v) is 4.11. The van der Waals surface area contributed by atoms with E-state index >= 15 is 0 Å². The first-order valence-electron chi connectivity index (χ1n) is 8.03. The van der Waals surface area contributed by atoms with E-state index in [1.165, 1.54) is 25.7 Å². The van der Waals surface area contributed by atoms with Crippen LogP contribution in [0.4, 0.5) is 0 Å². The summed E-state index contributed by atoms with van der Waals surface area (Å²) in [5.41, 5.74) is 0. The van der Waals surface area contributed by atoms with Crippen LogP contribution in [0, 0.1) is 17.8 Å². The van der Waals surface area contributed by atoms with Crippen LogP contribution < -0.4 is 0 Å². The molecular weight excluding hydrogens is 238 g/mol. The quantitative estimate of drug-likeness (QED) is 0.849. The Labute approximate surface area is 117 Å². The fourth-order valence-electron chi connectivity index (χ4n) is 4.11. The third kappa shape index (κ3) is 3.95. The summed E-state index contributed by atoms with van der Waals surface area (Å²) in [6.45, 7) is 6.96. The Hall–Kier alpha value is -0.570. The molecule has 1 aliphatic heterocycles. The van der Waals surface area contributed by atoms with E-state index in [-0.39, 0.29) is 0 Å². The third-order valence-corrected chi connectivity index (χ3v) is 5.22. The van der Waals surface area contributed by atoms with Gasteiger partial charge in [0, 0.05) is 12.5 Å². The van der Waals surface area contributed by atoms with Crippen molar-refractivity contribution < 1.29 is 9.90 Å². The predicted molar refractivity (Wildman–Crippen MR) is 77.1 cm³/mol. The monoisotopic (exact) mass is 267 g/mol. The van der Waals surface area contributed by atoms with E-state index < -0.39 is 5.97 Å². The molecule has 2 unspecified atom stereocenters. The Bertz CT molecular complexity index is 295. The lowest BCUT2D eigenvalue weighted by Gasteiger charge is -2.44. The van der Waals surface area contributed by atoms with Crippen molar-refractivity contribution in [3.05, 3.63) is 0 Å². The Morgan fingerprint density at radius 2 is 1.79 bits per heavy atom. The summed E-state index contributed by atoms with van der Waals surface area (Å²) in [6, 6.07) is 0.763. The molecule has 0 amide bonds. The van der Waals surface area contributed by atoms with Crippen molar-refractivity contribution in [3.63, 3.8) is 0 Å². The molecule has 3 nitrogen and oxygen atoms in total. The van der Waals surface area contributed by atoms with Gasteiger partial charge in [0.2, 0.25) is 0 Å². The minimum absolute atomic E-state index is 0.367. The highest BCUT2D eigenvalue weighted by Crippen LogP contribution is 2.35. The van der Waals surface area contributed by atoms with Gasteiger partial charge in [-0.1, -0.05) is 26.7 Å². The molecule has 3 heteroatoms. The van der Waals surface area contributed by atoms with Crippen LogP contribution in [0.15, 0.2) is 0 Å². The number of likely N-dealkylation sites (tertiary alicyclic amines) is 1. The number of piperidine rings is 1. The minimum Gasteiger partial charge on any atom is -0.481 e. The second-order valence-electron chi connectivity index (χ2n) is 6.84. The van der Waals surface area contributed by atoms with Crippen LogP contribution in [0.2, 0.25) is 0 Å². The summed E-state index contributed by atoms with van der Waals surface area (Å²) >= 11 is 0. The molecule has 2 atom stereocenters. The Balaban J connectivity index is 1.87. The molecule has 1 saturated heterocycles. The number of hydrogen-bond donors (Lipinski definition) is 1. The summed E-state index contributed by atoms with van der Waals surface area (Å²) in [4.78, 5) is 13.4. The molecule has 0 aromatic rings. The number of carboxylic acid groups (broad SMARTS) is 1. The summed E-state index contributed by atoms with van der Waals surface area (Å²) in [6.07, 6.45) is 8.04. The van der Waals surface area contributed by atoms with Gasteiger partial charge in [-0.2, -0.15) is 0 Å². The zero-order chi connectivity index (χ0) is 13.8. The van der Waals surface area contributed by atoms with Crippen LogP contribution in [0.25, 0.3) is 0 Å². The molecule has 0 radical (unpaired) electrons. The van der Waals surface area contributed by atoms with Crippen LogP contribution in [0.3, 0.4) is 0 Å². The van der Waals surface area contributed by atoms with Crippen molar-refractivity contribution in [2.75, 3.05) is 13.1 Å². The second-order valence-corrected chi connectivity index (χ2v) is 6.84. The lowest BCUT2D eigenvalue weighted by molar-refractivity contribution is -0.138. The third-order valence-electron chi connectivity index (χ3n) is 5.22. The van der Waals surface area contributed by atoms with Gasteiger partial charge in [-0.25, -0.2) is 0 Å². The van der Waals surface area contributed by atoms with Gasteiger partial charge in [0.05, 0.1) is 0 Å². The van der Waals surface area contributed by atoms with E-state index in [1.807, 2.05) is 0 Å². The van der Waals surface area contributed by atoms with Crippen LogP contribution in [0.5, 0.6) is 0 Å². The molecule has 1 N–H and O–H groups in total. The molecule has 0 aromatic carbocycles. The molecule has 1 heterocycles. The molecule has 1 saturated carbocycles. The van der Waals surface area contributed by atoms with E-state index in [2.05, 4.69) is 18.7 Å². The zero-order valence-electron chi connectivity index (χ0n) is 12.5. The van der Waals surface area contributed by atoms with Gasteiger partial charge < -0.3 is 10.0 Å². The smallest absolute Gasteiger partial charge is 0.303 e. The average Bonchev–Trinajstić information content (AvgIpc) is 2.39. The van der Waals surface area contributed by atoms with Crippen LogP contribution >= 0.6 is 0 Å². The van der Waals surface area contributed by atoms with Gasteiger partial charge >= 0.3 is 5.97 Å². The number of aliphatic carboxylic acids is 1. The average molecular weight is 267 g/mol. The van der Waals surface area contributed by atoms with Gasteiger partial charge in [0.25, 0.3) is 0 Å². The maximum atomic E-state index is 10.8. The molecule has 1 aliphatic carbocycles. The summed E-state index contributed by atoms with van der Waals surface area (Å²) in [7, 11) is 0. The predicted octanol–water partition coefficient (Wildman–Crippen LogP) is 3.39. The van der Waals surface area contributed by atoms with Crippen LogP contribution in [0.1, 0.15) is 58.8 Å². The normalized spacial score (nSPS) is 30.7. The lowest BCUT2D eigenvalue weighted by Crippen LogP contribution is -2.48. The highest BCUT2D eigenvalue weighted by Gasteiger charge is 2.34. The van der Waals surface area contributed by atoms with E-state index in [4.69, 9.17) is 5.11 Å². The van der Waals surface area contributed by atoms with Crippen molar-refractivity contribution in [1.82, 2.24) is 4.90 Å². The molecule has 19 heavy (non-hydrogen) atoms. The van der Waals surface area contributed by atoms with Crippen molar-refractivity contribution in [1.29, 1.82) is 0 Å². The number of rotatable bonds is 4. The van der Waals surface area contributed by atoms with Gasteiger partial charge in [0.1, 0.15) is 0 Å². The number of carboxylic acids is 1. The summed E-state index contributed by atoms with van der Waals surface area (Å²) in [5.74, 6) is 1.41. The maximum Gasteiger partial charge on any atom is 0.303 e. The van der Waals surface area contributed by atoms with Gasteiger partial charge in [-0.05, 0) is 56.5 Å². The lowest BCUT2D eigenvalue weighted by atomic mass is 9.76. The van der Waals surface area contributed by atoms with Crippen molar-refractivity contribution in [2.45, 2.75) is 64.8 Å². The SMILES string of the molecule is CC(C)C1CCCCC1N1CCC(CC(=O)O)CC1. The molecule has 110 valence electrons. The molecule has 0 aromatic heterocycles. The van der Waals surface area contributed by atoms with Gasteiger partial charge in [-0.3, -0.25) is 4.79 Å². The first-order chi connectivity index (χ1) is 9.08. The molecule has 2 fully saturated rings. The molecule has 2 rings (SSSR count). The largest absolute Gasteiger partial charge is 0.481 e. The van der Waals surface area contributed by atoms with Crippen molar-refractivity contribution in [2.24, 2.45) is 17.8 Å². The molecule has 0 spiro atoms. The minimum atomic E-state index is -0.629. The topological polar surface area (TPSA) is 40.5 Å². The fraction of sp³-hybridized carbons (Fsp3) is 0.938. The number of nitrogens with zero attached hydrogens (tertiary/aromatic N) is 1. The molecule has 0 bridgehead atoms. The van der Waals surface area contributed by atoms with Crippen molar-refractivity contribution >= 4 is 5.97 Å². The highest BCUT2D eigenvalue weighted by atomic mass is 16.4. The molecule has 2 aliphatic rings. The first kappa shape index (κ1) is 14.8.